The van der Waals surface area contributed by atoms with Crippen LogP contribution in [0.25, 0.3) is 16.7 Å². The average molecular weight is 489 g/mol. The summed E-state index contributed by atoms with van der Waals surface area (Å²) >= 11 is 0. The van der Waals surface area contributed by atoms with E-state index in [4.69, 9.17) is 19.8 Å². The van der Waals surface area contributed by atoms with Gasteiger partial charge in [0, 0.05) is 36.6 Å². The number of anilines is 1. The smallest absolute Gasteiger partial charge is 0.159 e. The second-order valence-electron chi connectivity index (χ2n) is 11.8. The Hall–Kier alpha value is -2.55. The zero-order chi connectivity index (χ0) is 24.6. The first-order chi connectivity index (χ1) is 17.3. The quantitative estimate of drug-likeness (QED) is 0.602. The summed E-state index contributed by atoms with van der Waals surface area (Å²) in [5, 5.41) is 16.3. The molecule has 4 fully saturated rings. The molecule has 0 radical (unpaired) electrons. The van der Waals surface area contributed by atoms with Gasteiger partial charge in [-0.15, -0.1) is 0 Å². The van der Waals surface area contributed by atoms with Gasteiger partial charge in [0.15, 0.2) is 5.82 Å². The summed E-state index contributed by atoms with van der Waals surface area (Å²) < 4.78 is 7.43. The lowest BCUT2D eigenvalue weighted by molar-refractivity contribution is -0.0708. The fourth-order valence-corrected chi connectivity index (χ4v) is 7.01. The summed E-state index contributed by atoms with van der Waals surface area (Å²) in [7, 11) is 0. The predicted octanol–water partition coefficient (Wildman–Crippen LogP) is 3.50. The zero-order valence-electron chi connectivity index (χ0n) is 21.5. The van der Waals surface area contributed by atoms with Gasteiger partial charge in [-0.3, -0.25) is 4.90 Å². The summed E-state index contributed by atoms with van der Waals surface area (Å²) in [5.41, 5.74) is 3.25. The first kappa shape index (κ1) is 22.6. The molecule has 0 unspecified atom stereocenters. The Balaban J connectivity index is 1.20. The highest BCUT2D eigenvalue weighted by Crippen LogP contribution is 2.40. The van der Waals surface area contributed by atoms with E-state index in [9.17, 15) is 5.11 Å². The number of hydrogen-bond donors (Lipinski definition) is 1. The van der Waals surface area contributed by atoms with Crippen LogP contribution >= 0.6 is 0 Å². The van der Waals surface area contributed by atoms with Crippen molar-refractivity contribution in [3.63, 3.8) is 0 Å². The number of likely N-dealkylation sites (tertiary alicyclic amines) is 1. The molecule has 3 aromatic rings. The number of hydrogen-bond acceptors (Lipinski definition) is 7. The molecule has 4 aliphatic rings. The average Bonchev–Trinajstić information content (AvgIpc) is 3.51. The molecule has 1 saturated carbocycles. The first-order valence-electron chi connectivity index (χ1n) is 13.5. The van der Waals surface area contributed by atoms with E-state index in [-0.39, 0.29) is 0 Å². The third-order valence-electron chi connectivity index (χ3n) is 9.15. The Morgan fingerprint density at radius 2 is 1.75 bits per heavy atom. The maximum atomic E-state index is 10.4. The summed E-state index contributed by atoms with van der Waals surface area (Å²) in [4.78, 5) is 14.8. The van der Waals surface area contributed by atoms with Crippen molar-refractivity contribution in [2.75, 3.05) is 31.2 Å². The third-order valence-corrected chi connectivity index (χ3v) is 9.15. The Labute approximate surface area is 212 Å². The molecule has 7 rings (SSSR count). The fourth-order valence-electron chi connectivity index (χ4n) is 7.01. The first-order valence-corrected chi connectivity index (χ1v) is 13.5. The topological polar surface area (TPSA) is 79.5 Å². The predicted molar refractivity (Wildman–Crippen MR) is 139 cm³/mol. The molecule has 8 nitrogen and oxygen atoms in total. The van der Waals surface area contributed by atoms with Crippen LogP contribution in [0.15, 0.2) is 24.4 Å². The number of aliphatic hydroxyl groups is 1. The summed E-state index contributed by atoms with van der Waals surface area (Å²) in [6, 6.07) is 8.39. The number of aromatic nitrogens is 4. The Bertz CT molecular complexity index is 1300. The van der Waals surface area contributed by atoms with E-state index in [0.29, 0.717) is 24.0 Å². The molecule has 0 amide bonds. The SMILES string of the molecule is Cc1nc(N2C[C@H]3C[C@@H]2CN3C2COC2)cc(-n2ncc3cc(C)c(C4CCC(C)(O)CC4)cc32)n1. The highest BCUT2D eigenvalue weighted by molar-refractivity contribution is 5.82. The summed E-state index contributed by atoms with van der Waals surface area (Å²) in [6.45, 7) is 10.0. The number of ether oxygens (including phenoxy) is 1. The van der Waals surface area contributed by atoms with Crippen LogP contribution in [0.2, 0.25) is 0 Å². The van der Waals surface area contributed by atoms with Gasteiger partial charge in [-0.05, 0) is 82.1 Å². The maximum absolute atomic E-state index is 10.4. The van der Waals surface area contributed by atoms with Crippen molar-refractivity contribution >= 4 is 16.7 Å². The van der Waals surface area contributed by atoms with E-state index in [2.05, 4.69) is 34.9 Å². The molecule has 2 aromatic heterocycles. The number of benzene rings is 1. The molecule has 3 aliphatic heterocycles. The van der Waals surface area contributed by atoms with Crippen molar-refractivity contribution in [1.29, 1.82) is 0 Å². The van der Waals surface area contributed by atoms with Crippen LogP contribution < -0.4 is 4.90 Å². The second-order valence-corrected chi connectivity index (χ2v) is 11.8. The van der Waals surface area contributed by atoms with E-state index >= 15 is 0 Å². The van der Waals surface area contributed by atoms with E-state index in [1.165, 1.54) is 17.5 Å². The van der Waals surface area contributed by atoms with Crippen LogP contribution in [0.3, 0.4) is 0 Å². The molecule has 2 atom stereocenters. The highest BCUT2D eigenvalue weighted by atomic mass is 16.5. The van der Waals surface area contributed by atoms with Gasteiger partial charge in [0.25, 0.3) is 0 Å². The van der Waals surface area contributed by atoms with Crippen molar-refractivity contribution in [3.8, 4) is 5.82 Å². The second kappa shape index (κ2) is 8.23. The summed E-state index contributed by atoms with van der Waals surface area (Å²) in [5.74, 6) is 3.10. The van der Waals surface area contributed by atoms with Crippen molar-refractivity contribution in [1.82, 2.24) is 24.6 Å². The van der Waals surface area contributed by atoms with Gasteiger partial charge in [0.2, 0.25) is 0 Å². The molecule has 36 heavy (non-hydrogen) atoms. The van der Waals surface area contributed by atoms with Crippen molar-refractivity contribution < 1.29 is 9.84 Å². The Morgan fingerprint density at radius 1 is 0.972 bits per heavy atom. The number of rotatable bonds is 4. The molecule has 1 aromatic carbocycles. The van der Waals surface area contributed by atoms with Crippen LogP contribution in [0.4, 0.5) is 5.82 Å². The number of aryl methyl sites for hydroxylation is 2. The fraction of sp³-hybridized carbons (Fsp3) is 0.607. The number of fused-ring (bicyclic) bond motifs is 3. The molecule has 1 N–H and O–H groups in total. The monoisotopic (exact) mass is 488 g/mol. The Morgan fingerprint density at radius 3 is 2.44 bits per heavy atom. The molecule has 8 heteroatoms. The van der Waals surface area contributed by atoms with Gasteiger partial charge in [-0.25, -0.2) is 14.6 Å². The van der Waals surface area contributed by atoms with E-state index in [0.717, 1.165) is 80.3 Å². The molecule has 3 saturated heterocycles. The third kappa shape index (κ3) is 3.73. The molecule has 190 valence electrons. The van der Waals surface area contributed by atoms with Gasteiger partial charge in [-0.2, -0.15) is 5.10 Å². The molecule has 1 aliphatic carbocycles. The minimum Gasteiger partial charge on any atom is -0.390 e. The standard InChI is InChI=1S/C28H36N6O2/c1-17-8-20-12-29-34(25(20)10-24(17)19-4-6-28(3,35)7-5-19)27-11-26(30-18(2)31-27)33-14-21-9-22(33)13-32(21)23-15-36-16-23/h8,10-12,19,21-23,35H,4-7,9,13-16H2,1-3H3/t19?,21-,22-,28?/m1/s1. The van der Waals surface area contributed by atoms with Crippen LogP contribution in [0.1, 0.15) is 61.9 Å². The van der Waals surface area contributed by atoms with Gasteiger partial charge < -0.3 is 14.7 Å². The van der Waals surface area contributed by atoms with E-state index in [1.807, 2.05) is 24.7 Å². The molecule has 5 heterocycles. The maximum Gasteiger partial charge on any atom is 0.159 e. The van der Waals surface area contributed by atoms with Gasteiger partial charge >= 0.3 is 0 Å². The summed E-state index contributed by atoms with van der Waals surface area (Å²) in [6.07, 6.45) is 6.90. The van der Waals surface area contributed by atoms with Crippen molar-refractivity contribution in [2.45, 2.75) is 82.5 Å². The van der Waals surface area contributed by atoms with E-state index < -0.39 is 5.60 Å². The zero-order valence-corrected chi connectivity index (χ0v) is 21.5. The van der Waals surface area contributed by atoms with Crippen LogP contribution in [0.5, 0.6) is 0 Å². The highest BCUT2D eigenvalue weighted by Gasteiger charge is 2.47. The number of piperazine rings is 1. The van der Waals surface area contributed by atoms with Gasteiger partial charge in [-0.1, -0.05) is 0 Å². The van der Waals surface area contributed by atoms with Crippen LogP contribution in [-0.2, 0) is 4.74 Å². The van der Waals surface area contributed by atoms with E-state index in [1.54, 1.807) is 0 Å². The van der Waals surface area contributed by atoms with Crippen LogP contribution in [-0.4, -0.2) is 79.8 Å². The molecule has 2 bridgehead atoms. The lowest BCUT2D eigenvalue weighted by Crippen LogP contribution is -2.57. The Kier molecular flexibility index (Phi) is 5.17. The largest absolute Gasteiger partial charge is 0.390 e. The van der Waals surface area contributed by atoms with Gasteiger partial charge in [0.1, 0.15) is 11.6 Å². The lowest BCUT2D eigenvalue weighted by atomic mass is 9.76. The normalized spacial score (nSPS) is 30.9. The van der Waals surface area contributed by atoms with Crippen molar-refractivity contribution in [3.05, 3.63) is 41.3 Å². The molecular formula is C28H36N6O2. The minimum atomic E-state index is -0.525. The molecular weight excluding hydrogens is 452 g/mol. The van der Waals surface area contributed by atoms with Crippen LogP contribution in [0, 0.1) is 13.8 Å². The number of nitrogens with zero attached hydrogens (tertiary/aromatic N) is 6. The lowest BCUT2D eigenvalue weighted by Gasteiger charge is -2.42. The minimum absolute atomic E-state index is 0.477. The van der Waals surface area contributed by atoms with Gasteiger partial charge in [0.05, 0.1) is 36.6 Å². The van der Waals surface area contributed by atoms with Crippen molar-refractivity contribution in [2.24, 2.45) is 0 Å². The molecule has 0 spiro atoms.